The molecule has 4 heterocycles. The van der Waals surface area contributed by atoms with E-state index in [-0.39, 0.29) is 23.4 Å². The number of nitrogens with one attached hydrogen (secondary N) is 2. The number of aromatic nitrogens is 4. The van der Waals surface area contributed by atoms with Gasteiger partial charge in [-0.1, -0.05) is 0 Å². The van der Waals surface area contributed by atoms with Crippen molar-refractivity contribution in [3.8, 4) is 0 Å². The van der Waals surface area contributed by atoms with Gasteiger partial charge >= 0.3 is 0 Å². The average Bonchev–Trinajstić information content (AvgIpc) is 3.27. The summed E-state index contributed by atoms with van der Waals surface area (Å²) in [6.07, 6.45) is 1.44. The Morgan fingerprint density at radius 1 is 1.42 bits per heavy atom. The van der Waals surface area contributed by atoms with Crippen molar-refractivity contribution in [2.75, 3.05) is 13.1 Å². The number of aromatic amines is 1. The SMILES string of the molecule is CC(=O)N[C@@H]1CN(Cc2cc(=O)n3[nH]cnc3n2)C[C@H]1c1ccc(C)o1. The lowest BCUT2D eigenvalue weighted by molar-refractivity contribution is -0.119. The number of H-pyrrole nitrogens is 1. The third kappa shape index (κ3) is 3.13. The topological polar surface area (TPSA) is 109 Å². The molecule has 9 heteroatoms. The number of carbonyl (C=O) groups is 1. The second-order valence-corrected chi connectivity index (χ2v) is 6.66. The Bertz CT molecular complexity index is 1000. The van der Waals surface area contributed by atoms with Crippen molar-refractivity contribution in [2.45, 2.75) is 32.4 Å². The zero-order valence-electron chi connectivity index (χ0n) is 14.6. The van der Waals surface area contributed by atoms with E-state index >= 15 is 0 Å². The van der Waals surface area contributed by atoms with E-state index in [1.165, 1.54) is 23.8 Å². The van der Waals surface area contributed by atoms with Gasteiger partial charge in [-0.2, -0.15) is 4.52 Å². The molecule has 1 amide bonds. The Labute approximate surface area is 149 Å². The first-order valence-electron chi connectivity index (χ1n) is 8.47. The summed E-state index contributed by atoms with van der Waals surface area (Å²) in [6.45, 7) is 5.29. The quantitative estimate of drug-likeness (QED) is 0.701. The molecule has 1 fully saturated rings. The first-order chi connectivity index (χ1) is 12.5. The van der Waals surface area contributed by atoms with Crippen molar-refractivity contribution in [3.63, 3.8) is 0 Å². The molecule has 0 bridgehead atoms. The van der Waals surface area contributed by atoms with E-state index in [2.05, 4.69) is 25.3 Å². The molecule has 0 radical (unpaired) electrons. The zero-order valence-corrected chi connectivity index (χ0v) is 14.6. The Balaban J connectivity index is 1.56. The number of rotatable bonds is 4. The van der Waals surface area contributed by atoms with E-state index in [4.69, 9.17) is 4.42 Å². The van der Waals surface area contributed by atoms with Gasteiger partial charge in [-0.05, 0) is 19.1 Å². The van der Waals surface area contributed by atoms with Gasteiger partial charge in [-0.25, -0.2) is 9.97 Å². The third-order valence-electron chi connectivity index (χ3n) is 4.62. The van der Waals surface area contributed by atoms with Crippen LogP contribution in [0, 0.1) is 6.92 Å². The van der Waals surface area contributed by atoms with Gasteiger partial charge < -0.3 is 9.73 Å². The highest BCUT2D eigenvalue weighted by molar-refractivity contribution is 5.73. The Hall–Kier alpha value is -2.94. The fourth-order valence-electron chi connectivity index (χ4n) is 3.54. The van der Waals surface area contributed by atoms with Crippen LogP contribution in [0.2, 0.25) is 0 Å². The zero-order chi connectivity index (χ0) is 18.3. The van der Waals surface area contributed by atoms with Crippen molar-refractivity contribution in [1.29, 1.82) is 0 Å². The van der Waals surface area contributed by atoms with Crippen molar-refractivity contribution < 1.29 is 9.21 Å². The summed E-state index contributed by atoms with van der Waals surface area (Å²) in [5, 5.41) is 5.73. The van der Waals surface area contributed by atoms with Gasteiger partial charge in [0.2, 0.25) is 5.91 Å². The van der Waals surface area contributed by atoms with Gasteiger partial charge in [0.25, 0.3) is 11.3 Å². The first-order valence-corrected chi connectivity index (χ1v) is 8.47. The molecule has 0 unspecified atom stereocenters. The molecule has 3 aromatic heterocycles. The molecule has 0 spiro atoms. The normalized spacial score (nSPS) is 20.7. The molecule has 0 aliphatic carbocycles. The minimum absolute atomic E-state index is 0.0479. The first kappa shape index (κ1) is 16.5. The molecular formula is C17H20N6O3. The number of carbonyl (C=O) groups excluding carboxylic acids is 1. The minimum Gasteiger partial charge on any atom is -0.466 e. The van der Waals surface area contributed by atoms with Gasteiger partial charge in [0.05, 0.1) is 17.7 Å². The fourth-order valence-corrected chi connectivity index (χ4v) is 3.54. The molecule has 1 aliphatic rings. The summed E-state index contributed by atoms with van der Waals surface area (Å²) in [5.41, 5.74) is 0.457. The Morgan fingerprint density at radius 2 is 2.27 bits per heavy atom. The van der Waals surface area contributed by atoms with Crippen LogP contribution in [0.1, 0.15) is 30.1 Å². The molecule has 2 atom stereocenters. The van der Waals surface area contributed by atoms with Crippen LogP contribution in [0.25, 0.3) is 5.78 Å². The molecule has 0 aromatic carbocycles. The van der Waals surface area contributed by atoms with E-state index in [9.17, 15) is 9.59 Å². The lowest BCUT2D eigenvalue weighted by Gasteiger charge is -2.17. The highest BCUT2D eigenvalue weighted by atomic mass is 16.3. The van der Waals surface area contributed by atoms with Crippen LogP contribution in [0.5, 0.6) is 0 Å². The summed E-state index contributed by atoms with van der Waals surface area (Å²) in [6, 6.07) is 5.34. The van der Waals surface area contributed by atoms with Gasteiger partial charge in [-0.3, -0.25) is 19.6 Å². The van der Waals surface area contributed by atoms with Crippen LogP contribution in [0.15, 0.2) is 33.7 Å². The number of aryl methyl sites for hydroxylation is 1. The maximum atomic E-state index is 12.1. The van der Waals surface area contributed by atoms with E-state index in [0.717, 1.165) is 11.5 Å². The van der Waals surface area contributed by atoms with Gasteiger partial charge in [0, 0.05) is 32.6 Å². The average molecular weight is 356 g/mol. The molecular weight excluding hydrogens is 336 g/mol. The van der Waals surface area contributed by atoms with Gasteiger partial charge in [0.15, 0.2) is 0 Å². The van der Waals surface area contributed by atoms with Crippen LogP contribution >= 0.6 is 0 Å². The second-order valence-electron chi connectivity index (χ2n) is 6.66. The number of fused-ring (bicyclic) bond motifs is 1. The largest absolute Gasteiger partial charge is 0.466 e. The molecule has 1 saturated heterocycles. The number of hydrogen-bond acceptors (Lipinski definition) is 6. The smallest absolute Gasteiger partial charge is 0.274 e. The van der Waals surface area contributed by atoms with Crippen molar-refractivity contribution >= 4 is 11.7 Å². The van der Waals surface area contributed by atoms with Crippen molar-refractivity contribution in [2.24, 2.45) is 0 Å². The molecule has 4 rings (SSSR count). The van der Waals surface area contributed by atoms with E-state index < -0.39 is 0 Å². The van der Waals surface area contributed by atoms with Crippen LogP contribution in [0.3, 0.4) is 0 Å². The molecule has 3 aromatic rings. The van der Waals surface area contributed by atoms with Crippen LogP contribution in [-0.4, -0.2) is 49.5 Å². The van der Waals surface area contributed by atoms with Crippen LogP contribution in [-0.2, 0) is 11.3 Å². The number of amides is 1. The maximum Gasteiger partial charge on any atom is 0.274 e. The highest BCUT2D eigenvalue weighted by Gasteiger charge is 2.36. The summed E-state index contributed by atoms with van der Waals surface area (Å²) in [5.74, 6) is 2.05. The van der Waals surface area contributed by atoms with Crippen LogP contribution in [0.4, 0.5) is 0 Å². The predicted octanol–water partition coefficient (Wildman–Crippen LogP) is 0.423. The number of furan rings is 1. The standard InChI is InChI=1S/C17H20N6O3/c1-10-3-4-15(26-10)13-7-22(8-14(13)20-11(2)24)6-12-5-16(25)23-17(21-12)18-9-19-23/h3-5,9,13-14H,6-8H2,1-2H3,(H,20,24)(H,18,19,21)/t13-,14-/m1/s1. The lowest BCUT2D eigenvalue weighted by Crippen LogP contribution is -2.38. The monoisotopic (exact) mass is 356 g/mol. The third-order valence-corrected chi connectivity index (χ3v) is 4.62. The summed E-state index contributed by atoms with van der Waals surface area (Å²) >= 11 is 0. The molecule has 1 aliphatic heterocycles. The Kier molecular flexibility index (Phi) is 4.08. The van der Waals surface area contributed by atoms with Gasteiger partial charge in [0.1, 0.15) is 17.8 Å². The van der Waals surface area contributed by atoms with E-state index in [1.807, 2.05) is 19.1 Å². The number of hydrogen-bond donors (Lipinski definition) is 2. The summed E-state index contributed by atoms with van der Waals surface area (Å²) < 4.78 is 7.08. The summed E-state index contributed by atoms with van der Waals surface area (Å²) in [4.78, 5) is 34.3. The second kappa shape index (κ2) is 6.41. The highest BCUT2D eigenvalue weighted by Crippen LogP contribution is 2.29. The number of likely N-dealkylation sites (tertiary alicyclic amines) is 1. The van der Waals surface area contributed by atoms with Gasteiger partial charge in [-0.15, -0.1) is 0 Å². The van der Waals surface area contributed by atoms with E-state index in [1.54, 1.807) is 0 Å². The van der Waals surface area contributed by atoms with Crippen LogP contribution < -0.4 is 10.9 Å². The fraction of sp³-hybridized carbons (Fsp3) is 0.412. The van der Waals surface area contributed by atoms with Crippen molar-refractivity contribution in [1.82, 2.24) is 29.8 Å². The lowest BCUT2D eigenvalue weighted by atomic mass is 10.0. The molecule has 2 N–H and O–H groups in total. The van der Waals surface area contributed by atoms with Crippen molar-refractivity contribution in [3.05, 3.63) is 52.1 Å². The molecule has 26 heavy (non-hydrogen) atoms. The maximum absolute atomic E-state index is 12.1. The predicted molar refractivity (Wildman–Crippen MR) is 92.7 cm³/mol. The van der Waals surface area contributed by atoms with E-state index in [0.29, 0.717) is 31.1 Å². The minimum atomic E-state index is -0.196. The molecule has 136 valence electrons. The summed E-state index contributed by atoms with van der Waals surface area (Å²) in [7, 11) is 0. The molecule has 0 saturated carbocycles. The molecule has 9 nitrogen and oxygen atoms in total. The Morgan fingerprint density at radius 3 is 3.00 bits per heavy atom. The number of nitrogens with zero attached hydrogens (tertiary/aromatic N) is 4.